The average molecular weight is 181 g/mol. The van der Waals surface area contributed by atoms with Crippen LogP contribution in [0.3, 0.4) is 0 Å². The molecule has 0 aromatic heterocycles. The number of hydrogen-bond acceptors (Lipinski definition) is 3. The van der Waals surface area contributed by atoms with Gasteiger partial charge < -0.3 is 15.9 Å². The van der Waals surface area contributed by atoms with E-state index in [9.17, 15) is 0 Å². The molecule has 0 aliphatic carbocycles. The Hall–Kier alpha value is -0.900. The minimum atomic E-state index is -0.0356. The maximum atomic E-state index is 9.11. The summed E-state index contributed by atoms with van der Waals surface area (Å²) in [5, 5.41) is 18.1. The SMILES string of the molecule is NCCc1cccc(CO)c1CO. The van der Waals surface area contributed by atoms with Gasteiger partial charge in [0.25, 0.3) is 0 Å². The molecule has 0 saturated heterocycles. The summed E-state index contributed by atoms with van der Waals surface area (Å²) in [6.07, 6.45) is 0.740. The Morgan fingerprint density at radius 2 is 1.77 bits per heavy atom. The second kappa shape index (κ2) is 4.97. The van der Waals surface area contributed by atoms with Crippen LogP contribution in [0, 0.1) is 0 Å². The van der Waals surface area contributed by atoms with Gasteiger partial charge in [0.05, 0.1) is 13.2 Å². The Bertz CT molecular complexity index is 274. The lowest BCUT2D eigenvalue weighted by Gasteiger charge is -2.10. The van der Waals surface area contributed by atoms with E-state index >= 15 is 0 Å². The number of aliphatic hydroxyl groups is 2. The molecule has 0 aliphatic heterocycles. The lowest BCUT2D eigenvalue weighted by atomic mass is 10.00. The van der Waals surface area contributed by atoms with Crippen LogP contribution in [0.5, 0.6) is 0 Å². The molecule has 0 fully saturated rings. The summed E-state index contributed by atoms with van der Waals surface area (Å²) in [5.41, 5.74) is 8.06. The molecule has 3 heteroatoms. The second-order valence-electron chi connectivity index (χ2n) is 2.91. The standard InChI is InChI=1S/C10H15NO2/c11-5-4-8-2-1-3-9(6-12)10(8)7-13/h1-3,12-13H,4-7,11H2. The van der Waals surface area contributed by atoms with Crippen LogP contribution in [0.25, 0.3) is 0 Å². The highest BCUT2D eigenvalue weighted by atomic mass is 16.3. The molecule has 72 valence electrons. The summed E-state index contributed by atoms with van der Waals surface area (Å²) in [6.45, 7) is 0.488. The zero-order valence-electron chi connectivity index (χ0n) is 7.53. The van der Waals surface area contributed by atoms with Crippen LogP contribution in [0.4, 0.5) is 0 Å². The molecule has 0 atom stereocenters. The normalized spacial score (nSPS) is 10.4. The fourth-order valence-electron chi connectivity index (χ4n) is 1.43. The van der Waals surface area contributed by atoms with Gasteiger partial charge in [-0.3, -0.25) is 0 Å². The van der Waals surface area contributed by atoms with Gasteiger partial charge in [-0.15, -0.1) is 0 Å². The number of rotatable bonds is 4. The fourth-order valence-corrected chi connectivity index (χ4v) is 1.43. The summed E-state index contributed by atoms with van der Waals surface area (Å²) in [6, 6.07) is 5.61. The van der Waals surface area contributed by atoms with Gasteiger partial charge >= 0.3 is 0 Å². The molecule has 13 heavy (non-hydrogen) atoms. The van der Waals surface area contributed by atoms with E-state index in [1.54, 1.807) is 0 Å². The lowest BCUT2D eigenvalue weighted by molar-refractivity contribution is 0.259. The van der Waals surface area contributed by atoms with Crippen LogP contribution in [-0.4, -0.2) is 16.8 Å². The molecule has 0 saturated carbocycles. The molecule has 4 N–H and O–H groups in total. The lowest BCUT2D eigenvalue weighted by Crippen LogP contribution is -2.07. The summed E-state index contributed by atoms with van der Waals surface area (Å²) in [7, 11) is 0. The van der Waals surface area contributed by atoms with Crippen LogP contribution in [0.1, 0.15) is 16.7 Å². The van der Waals surface area contributed by atoms with Gasteiger partial charge in [-0.1, -0.05) is 18.2 Å². The third-order valence-electron chi connectivity index (χ3n) is 2.11. The molecule has 0 spiro atoms. The van der Waals surface area contributed by atoms with Gasteiger partial charge in [0, 0.05) is 0 Å². The fraction of sp³-hybridized carbons (Fsp3) is 0.400. The summed E-state index contributed by atoms with van der Waals surface area (Å²) in [4.78, 5) is 0. The van der Waals surface area contributed by atoms with E-state index in [1.807, 2.05) is 18.2 Å². The van der Waals surface area contributed by atoms with Crippen LogP contribution >= 0.6 is 0 Å². The Balaban J connectivity index is 3.03. The first-order valence-electron chi connectivity index (χ1n) is 4.35. The maximum absolute atomic E-state index is 9.11. The quantitative estimate of drug-likeness (QED) is 0.620. The van der Waals surface area contributed by atoms with E-state index in [-0.39, 0.29) is 13.2 Å². The van der Waals surface area contributed by atoms with Crippen molar-refractivity contribution in [2.75, 3.05) is 6.54 Å². The van der Waals surface area contributed by atoms with Gasteiger partial charge in [0.15, 0.2) is 0 Å². The average Bonchev–Trinajstić information content (AvgIpc) is 2.18. The van der Waals surface area contributed by atoms with Gasteiger partial charge in [-0.05, 0) is 29.7 Å². The van der Waals surface area contributed by atoms with Gasteiger partial charge in [0.2, 0.25) is 0 Å². The monoisotopic (exact) mass is 181 g/mol. The van der Waals surface area contributed by atoms with E-state index < -0.39 is 0 Å². The Kier molecular flexibility index (Phi) is 3.89. The van der Waals surface area contributed by atoms with Crippen LogP contribution in [-0.2, 0) is 19.6 Å². The molecular formula is C10H15NO2. The zero-order valence-corrected chi connectivity index (χ0v) is 7.53. The molecule has 1 rings (SSSR count). The third-order valence-corrected chi connectivity index (χ3v) is 2.11. The number of hydrogen-bond donors (Lipinski definition) is 3. The van der Waals surface area contributed by atoms with Crippen molar-refractivity contribution in [1.29, 1.82) is 0 Å². The zero-order chi connectivity index (χ0) is 9.68. The molecule has 0 unspecified atom stereocenters. The molecule has 0 amide bonds. The maximum Gasteiger partial charge on any atom is 0.0688 e. The molecule has 0 aliphatic rings. The number of aliphatic hydroxyl groups excluding tert-OH is 2. The Morgan fingerprint density at radius 1 is 1.08 bits per heavy atom. The van der Waals surface area contributed by atoms with E-state index in [4.69, 9.17) is 15.9 Å². The smallest absolute Gasteiger partial charge is 0.0688 e. The predicted molar refractivity (Wildman–Crippen MR) is 51.0 cm³/mol. The van der Waals surface area contributed by atoms with E-state index in [0.29, 0.717) is 6.54 Å². The van der Waals surface area contributed by atoms with E-state index in [2.05, 4.69) is 0 Å². The molecule has 0 heterocycles. The van der Waals surface area contributed by atoms with Crippen LogP contribution in [0.2, 0.25) is 0 Å². The highest BCUT2D eigenvalue weighted by Crippen LogP contribution is 2.15. The number of nitrogens with two attached hydrogens (primary N) is 1. The molecule has 0 radical (unpaired) electrons. The Morgan fingerprint density at radius 3 is 2.31 bits per heavy atom. The van der Waals surface area contributed by atoms with Gasteiger partial charge in [-0.2, -0.15) is 0 Å². The summed E-state index contributed by atoms with van der Waals surface area (Å²) in [5.74, 6) is 0. The van der Waals surface area contributed by atoms with E-state index in [1.165, 1.54) is 0 Å². The highest BCUT2D eigenvalue weighted by molar-refractivity contribution is 5.34. The van der Waals surface area contributed by atoms with Crippen molar-refractivity contribution in [3.63, 3.8) is 0 Å². The van der Waals surface area contributed by atoms with Gasteiger partial charge in [-0.25, -0.2) is 0 Å². The first-order valence-corrected chi connectivity index (χ1v) is 4.35. The van der Waals surface area contributed by atoms with Crippen molar-refractivity contribution < 1.29 is 10.2 Å². The van der Waals surface area contributed by atoms with Crippen molar-refractivity contribution >= 4 is 0 Å². The van der Waals surface area contributed by atoms with E-state index in [0.717, 1.165) is 23.1 Å². The predicted octanol–water partition coefficient (Wildman–Crippen LogP) is 0.172. The van der Waals surface area contributed by atoms with Crippen LogP contribution < -0.4 is 5.73 Å². The highest BCUT2D eigenvalue weighted by Gasteiger charge is 2.05. The molecular weight excluding hydrogens is 166 g/mol. The van der Waals surface area contributed by atoms with Crippen molar-refractivity contribution in [2.45, 2.75) is 19.6 Å². The third kappa shape index (κ3) is 2.28. The van der Waals surface area contributed by atoms with Crippen LogP contribution in [0.15, 0.2) is 18.2 Å². The Labute approximate surface area is 77.8 Å². The second-order valence-corrected chi connectivity index (χ2v) is 2.91. The molecule has 1 aromatic rings. The topological polar surface area (TPSA) is 66.5 Å². The van der Waals surface area contributed by atoms with Crippen molar-refractivity contribution in [2.24, 2.45) is 5.73 Å². The minimum absolute atomic E-state index is 0.0334. The molecule has 1 aromatic carbocycles. The number of benzene rings is 1. The van der Waals surface area contributed by atoms with Crippen molar-refractivity contribution in [3.05, 3.63) is 34.9 Å². The molecule has 0 bridgehead atoms. The summed E-state index contributed by atoms with van der Waals surface area (Å²) < 4.78 is 0. The molecule has 3 nitrogen and oxygen atoms in total. The summed E-state index contributed by atoms with van der Waals surface area (Å²) >= 11 is 0. The first kappa shape index (κ1) is 10.2. The first-order chi connectivity index (χ1) is 6.33. The van der Waals surface area contributed by atoms with Crippen molar-refractivity contribution in [3.8, 4) is 0 Å². The largest absolute Gasteiger partial charge is 0.392 e. The van der Waals surface area contributed by atoms with Crippen molar-refractivity contribution in [1.82, 2.24) is 0 Å². The minimum Gasteiger partial charge on any atom is -0.392 e. The van der Waals surface area contributed by atoms with Gasteiger partial charge in [0.1, 0.15) is 0 Å².